The summed E-state index contributed by atoms with van der Waals surface area (Å²) in [6, 6.07) is 9.57. The van der Waals surface area contributed by atoms with Crippen LogP contribution in [-0.2, 0) is 25.7 Å². The molecule has 2 atom stereocenters. The first-order valence-electron chi connectivity index (χ1n) is 9.23. The Bertz CT molecular complexity index is 882. The summed E-state index contributed by atoms with van der Waals surface area (Å²) in [5.41, 5.74) is 0.947. The topological polar surface area (TPSA) is 110 Å². The van der Waals surface area contributed by atoms with Crippen LogP contribution < -0.4 is 5.32 Å². The van der Waals surface area contributed by atoms with Crippen LogP contribution in [0.15, 0.2) is 36.7 Å². The lowest BCUT2D eigenvalue weighted by atomic mass is 10.1. The SMILES string of the molecule is C[C@@H]1CN(C(=O)C(=O)Nc2ncn(CC(=O)N(C)C)n2)C[C@@H](c2ccccc2)O1. The Balaban J connectivity index is 1.61. The first kappa shape index (κ1) is 20.5. The van der Waals surface area contributed by atoms with Gasteiger partial charge in [0.25, 0.3) is 0 Å². The van der Waals surface area contributed by atoms with Gasteiger partial charge in [0.05, 0.1) is 12.6 Å². The van der Waals surface area contributed by atoms with Gasteiger partial charge in [0.15, 0.2) is 0 Å². The largest absolute Gasteiger partial charge is 0.367 e. The monoisotopic (exact) mass is 400 g/mol. The molecule has 1 aliphatic heterocycles. The van der Waals surface area contributed by atoms with Gasteiger partial charge >= 0.3 is 11.8 Å². The Morgan fingerprint density at radius 1 is 1.21 bits per heavy atom. The van der Waals surface area contributed by atoms with Gasteiger partial charge in [-0.25, -0.2) is 9.67 Å². The van der Waals surface area contributed by atoms with Gasteiger partial charge in [-0.15, -0.1) is 5.10 Å². The number of benzene rings is 1. The van der Waals surface area contributed by atoms with Gasteiger partial charge in [-0.1, -0.05) is 30.3 Å². The molecule has 1 aromatic heterocycles. The Hall–Kier alpha value is -3.27. The van der Waals surface area contributed by atoms with E-state index in [2.05, 4.69) is 15.4 Å². The number of nitrogens with zero attached hydrogens (tertiary/aromatic N) is 5. The number of amides is 3. The van der Waals surface area contributed by atoms with Crippen LogP contribution in [0.2, 0.25) is 0 Å². The number of aromatic nitrogens is 3. The van der Waals surface area contributed by atoms with Gasteiger partial charge in [-0.2, -0.15) is 0 Å². The molecule has 0 saturated carbocycles. The molecule has 3 rings (SSSR count). The van der Waals surface area contributed by atoms with E-state index in [0.29, 0.717) is 6.54 Å². The van der Waals surface area contributed by atoms with Crippen LogP contribution in [0.4, 0.5) is 5.95 Å². The quantitative estimate of drug-likeness (QED) is 0.739. The fourth-order valence-electron chi connectivity index (χ4n) is 2.98. The molecule has 0 aliphatic carbocycles. The molecule has 154 valence electrons. The average molecular weight is 400 g/mol. The zero-order chi connectivity index (χ0) is 21.0. The number of likely N-dealkylation sites (N-methyl/N-ethyl adjacent to an activating group) is 1. The highest BCUT2D eigenvalue weighted by molar-refractivity contribution is 6.39. The molecule has 0 spiro atoms. The summed E-state index contributed by atoms with van der Waals surface area (Å²) in [6.45, 7) is 2.44. The molecular weight excluding hydrogens is 376 g/mol. The van der Waals surface area contributed by atoms with Crippen molar-refractivity contribution in [3.8, 4) is 0 Å². The standard InChI is InChI=1S/C19H24N6O4/c1-13-9-24(10-15(29-13)14-7-5-4-6-8-14)18(28)17(27)21-19-20-12-25(22-19)11-16(26)23(2)3/h4-8,12-13,15H,9-11H2,1-3H3,(H,21,22,27)/t13-,15+/m1/s1. The summed E-state index contributed by atoms with van der Waals surface area (Å²) in [7, 11) is 3.26. The summed E-state index contributed by atoms with van der Waals surface area (Å²) in [5, 5.41) is 6.40. The van der Waals surface area contributed by atoms with E-state index in [0.717, 1.165) is 5.56 Å². The number of hydrogen-bond donors (Lipinski definition) is 1. The van der Waals surface area contributed by atoms with Crippen molar-refractivity contribution in [1.29, 1.82) is 0 Å². The maximum atomic E-state index is 12.6. The molecule has 29 heavy (non-hydrogen) atoms. The number of morpholine rings is 1. The number of ether oxygens (including phenoxy) is 1. The van der Waals surface area contributed by atoms with Crippen molar-refractivity contribution in [2.75, 3.05) is 32.5 Å². The maximum Gasteiger partial charge on any atom is 0.316 e. The molecule has 0 unspecified atom stereocenters. The lowest BCUT2D eigenvalue weighted by Gasteiger charge is -2.36. The van der Waals surface area contributed by atoms with Gasteiger partial charge < -0.3 is 14.5 Å². The van der Waals surface area contributed by atoms with Crippen LogP contribution in [0.1, 0.15) is 18.6 Å². The molecular formula is C19H24N6O4. The number of carbonyl (C=O) groups is 3. The second-order valence-electron chi connectivity index (χ2n) is 7.06. The van der Waals surface area contributed by atoms with Crippen molar-refractivity contribution in [3.63, 3.8) is 0 Å². The van der Waals surface area contributed by atoms with Crippen molar-refractivity contribution >= 4 is 23.7 Å². The second-order valence-corrected chi connectivity index (χ2v) is 7.06. The lowest BCUT2D eigenvalue weighted by molar-refractivity contribution is -0.152. The number of nitrogens with one attached hydrogen (secondary N) is 1. The molecule has 0 radical (unpaired) electrons. The second kappa shape index (κ2) is 8.82. The molecule has 1 aromatic carbocycles. The maximum absolute atomic E-state index is 12.6. The van der Waals surface area contributed by atoms with Gasteiger partial charge in [0.1, 0.15) is 19.0 Å². The van der Waals surface area contributed by atoms with Gasteiger partial charge in [-0.3, -0.25) is 19.7 Å². The van der Waals surface area contributed by atoms with E-state index in [1.165, 1.54) is 20.8 Å². The highest BCUT2D eigenvalue weighted by Gasteiger charge is 2.32. The Morgan fingerprint density at radius 2 is 1.93 bits per heavy atom. The van der Waals surface area contributed by atoms with Gasteiger partial charge in [0, 0.05) is 20.6 Å². The van der Waals surface area contributed by atoms with Crippen LogP contribution in [0.5, 0.6) is 0 Å². The first-order valence-corrected chi connectivity index (χ1v) is 9.23. The molecule has 1 N–H and O–H groups in total. The van der Waals surface area contributed by atoms with Crippen molar-refractivity contribution in [3.05, 3.63) is 42.2 Å². The van der Waals surface area contributed by atoms with E-state index in [-0.39, 0.29) is 37.2 Å². The minimum Gasteiger partial charge on any atom is -0.367 e. The van der Waals surface area contributed by atoms with E-state index in [9.17, 15) is 14.4 Å². The Morgan fingerprint density at radius 3 is 2.62 bits per heavy atom. The van der Waals surface area contributed by atoms with Crippen molar-refractivity contribution in [1.82, 2.24) is 24.6 Å². The normalized spacial score (nSPS) is 18.9. The van der Waals surface area contributed by atoms with E-state index in [4.69, 9.17) is 4.74 Å². The average Bonchev–Trinajstić information content (AvgIpc) is 3.14. The van der Waals surface area contributed by atoms with Crippen LogP contribution in [0.25, 0.3) is 0 Å². The third-order valence-corrected chi connectivity index (χ3v) is 4.47. The zero-order valence-corrected chi connectivity index (χ0v) is 16.6. The molecule has 3 amide bonds. The third-order valence-electron chi connectivity index (χ3n) is 4.47. The molecule has 1 aliphatic rings. The highest BCUT2D eigenvalue weighted by Crippen LogP contribution is 2.25. The number of carbonyl (C=O) groups excluding carboxylic acids is 3. The minimum atomic E-state index is -0.831. The summed E-state index contributed by atoms with van der Waals surface area (Å²) in [5.74, 6) is -1.71. The van der Waals surface area contributed by atoms with Gasteiger partial charge in [0.2, 0.25) is 11.9 Å². The van der Waals surface area contributed by atoms with Crippen molar-refractivity contribution in [2.24, 2.45) is 0 Å². The van der Waals surface area contributed by atoms with Crippen LogP contribution in [-0.4, -0.2) is 75.6 Å². The molecule has 1 saturated heterocycles. The van der Waals surface area contributed by atoms with Crippen LogP contribution in [0.3, 0.4) is 0 Å². The fraction of sp³-hybridized carbons (Fsp3) is 0.421. The van der Waals surface area contributed by atoms with E-state index >= 15 is 0 Å². The zero-order valence-electron chi connectivity index (χ0n) is 16.6. The van der Waals surface area contributed by atoms with Gasteiger partial charge in [-0.05, 0) is 12.5 Å². The van der Waals surface area contributed by atoms with Crippen molar-refractivity contribution < 1.29 is 19.1 Å². The summed E-state index contributed by atoms with van der Waals surface area (Å²) >= 11 is 0. The first-order chi connectivity index (χ1) is 13.8. The molecule has 2 heterocycles. The smallest absolute Gasteiger partial charge is 0.316 e. The molecule has 10 heteroatoms. The predicted molar refractivity (Wildman–Crippen MR) is 104 cm³/mol. The predicted octanol–water partition coefficient (Wildman–Crippen LogP) is 0.293. The number of anilines is 1. The van der Waals surface area contributed by atoms with E-state index in [1.807, 2.05) is 37.3 Å². The number of rotatable bonds is 4. The molecule has 1 fully saturated rings. The van der Waals surface area contributed by atoms with E-state index in [1.54, 1.807) is 14.1 Å². The van der Waals surface area contributed by atoms with Crippen molar-refractivity contribution in [2.45, 2.75) is 25.7 Å². The Kier molecular flexibility index (Phi) is 6.23. The Labute approximate surface area is 168 Å². The lowest BCUT2D eigenvalue weighted by Crippen LogP contribution is -2.49. The summed E-state index contributed by atoms with van der Waals surface area (Å²) < 4.78 is 7.22. The molecule has 2 aromatic rings. The van der Waals surface area contributed by atoms with E-state index < -0.39 is 11.8 Å². The molecule has 10 nitrogen and oxygen atoms in total. The summed E-state index contributed by atoms with van der Waals surface area (Å²) in [4.78, 5) is 43.6. The minimum absolute atomic E-state index is 0.0104. The number of hydrogen-bond acceptors (Lipinski definition) is 6. The fourth-order valence-corrected chi connectivity index (χ4v) is 2.98. The van der Waals surface area contributed by atoms with Crippen LogP contribution in [0, 0.1) is 0 Å². The summed E-state index contributed by atoms with van der Waals surface area (Å²) in [6.07, 6.45) is 0.815. The van der Waals surface area contributed by atoms with Crippen LogP contribution >= 0.6 is 0 Å². The highest BCUT2D eigenvalue weighted by atomic mass is 16.5. The molecule has 0 bridgehead atoms. The third kappa shape index (κ3) is 5.17.